The van der Waals surface area contributed by atoms with E-state index in [1.807, 2.05) is 6.07 Å². The molecule has 0 saturated carbocycles. The first-order chi connectivity index (χ1) is 11.8. The molecule has 1 heterocycles. The molecule has 0 aliphatic carbocycles. The smallest absolute Gasteiger partial charge is 0.333 e. The Morgan fingerprint density at radius 3 is 2.76 bits per heavy atom. The fourth-order valence-corrected chi connectivity index (χ4v) is 3.62. The number of hydrogen-bond acceptors (Lipinski definition) is 2. The predicted octanol–water partition coefficient (Wildman–Crippen LogP) is 3.99. The van der Waals surface area contributed by atoms with Crippen LogP contribution in [0.4, 0.5) is 17.6 Å². The lowest BCUT2D eigenvalue weighted by molar-refractivity contribution is -0.184. The molecule has 1 amide bonds. The summed E-state index contributed by atoms with van der Waals surface area (Å²) in [6.45, 7) is 0.565. The van der Waals surface area contributed by atoms with Crippen LogP contribution in [0.3, 0.4) is 0 Å². The Labute approximate surface area is 150 Å². The van der Waals surface area contributed by atoms with Crippen molar-refractivity contribution in [3.8, 4) is 0 Å². The van der Waals surface area contributed by atoms with Gasteiger partial charge in [-0.15, -0.1) is 0 Å². The molecule has 1 atom stereocenters. The van der Waals surface area contributed by atoms with Crippen LogP contribution in [0.5, 0.6) is 0 Å². The lowest BCUT2D eigenvalue weighted by Crippen LogP contribution is -2.41. The van der Waals surface area contributed by atoms with Crippen LogP contribution >= 0.6 is 15.9 Å². The van der Waals surface area contributed by atoms with Crippen molar-refractivity contribution in [3.63, 3.8) is 0 Å². The van der Waals surface area contributed by atoms with Crippen molar-refractivity contribution in [3.05, 3.63) is 46.2 Å². The van der Waals surface area contributed by atoms with Gasteiger partial charge in [-0.25, -0.2) is 4.39 Å². The maximum atomic E-state index is 13.3. The van der Waals surface area contributed by atoms with E-state index >= 15 is 0 Å². The summed E-state index contributed by atoms with van der Waals surface area (Å²) in [6.07, 6.45) is -4.36. The van der Waals surface area contributed by atoms with Crippen molar-refractivity contribution in [2.75, 3.05) is 13.1 Å². The second-order valence-corrected chi connectivity index (χ2v) is 6.81. The van der Waals surface area contributed by atoms with Crippen LogP contribution in [0.15, 0.2) is 34.8 Å². The molecule has 2 aromatic rings. The largest absolute Gasteiger partial charge is 0.471 e. The molecule has 3 rings (SSSR count). The SMILES string of the molecule is O=C(N1CC[C@@H](NCc2ccc3cc(F)ccc3c2Br)C1)C(F)(F)F. The molecule has 0 bridgehead atoms. The summed E-state index contributed by atoms with van der Waals surface area (Å²) in [5, 5.41) is 4.81. The Morgan fingerprint density at radius 1 is 1.28 bits per heavy atom. The second kappa shape index (κ2) is 6.92. The van der Waals surface area contributed by atoms with E-state index in [9.17, 15) is 22.4 Å². The van der Waals surface area contributed by atoms with Gasteiger partial charge in [0.2, 0.25) is 0 Å². The number of nitrogens with one attached hydrogen (secondary N) is 1. The molecular formula is C17H15BrF4N2O. The summed E-state index contributed by atoms with van der Waals surface area (Å²) in [5.41, 5.74) is 0.916. The third-order valence-corrected chi connectivity index (χ3v) is 5.23. The summed E-state index contributed by atoms with van der Waals surface area (Å²) >= 11 is 3.50. The number of carbonyl (C=O) groups excluding carboxylic acids is 1. The van der Waals surface area contributed by atoms with E-state index in [-0.39, 0.29) is 24.9 Å². The highest BCUT2D eigenvalue weighted by molar-refractivity contribution is 9.10. The number of hydrogen-bond donors (Lipinski definition) is 1. The zero-order chi connectivity index (χ0) is 18.2. The molecule has 2 aromatic carbocycles. The average molecular weight is 419 g/mol. The van der Waals surface area contributed by atoms with Crippen molar-refractivity contribution in [1.29, 1.82) is 0 Å². The van der Waals surface area contributed by atoms with Gasteiger partial charge in [0.05, 0.1) is 0 Å². The van der Waals surface area contributed by atoms with Crippen molar-refractivity contribution < 1.29 is 22.4 Å². The number of benzene rings is 2. The van der Waals surface area contributed by atoms with E-state index in [1.165, 1.54) is 12.1 Å². The molecule has 1 aliphatic rings. The van der Waals surface area contributed by atoms with Crippen LogP contribution < -0.4 is 5.32 Å². The Balaban J connectivity index is 1.65. The quantitative estimate of drug-likeness (QED) is 0.764. The molecule has 0 unspecified atom stereocenters. The maximum absolute atomic E-state index is 13.3. The molecule has 1 saturated heterocycles. The highest BCUT2D eigenvalue weighted by Gasteiger charge is 2.44. The van der Waals surface area contributed by atoms with E-state index in [2.05, 4.69) is 21.2 Å². The van der Waals surface area contributed by atoms with Gasteiger partial charge in [-0.1, -0.05) is 18.2 Å². The normalized spacial score (nSPS) is 18.1. The molecule has 0 aromatic heterocycles. The first kappa shape index (κ1) is 18.1. The monoisotopic (exact) mass is 418 g/mol. The van der Waals surface area contributed by atoms with Gasteiger partial charge < -0.3 is 10.2 Å². The Hall–Kier alpha value is -1.67. The predicted molar refractivity (Wildman–Crippen MR) is 89.5 cm³/mol. The molecule has 0 radical (unpaired) electrons. The van der Waals surface area contributed by atoms with Crippen molar-refractivity contribution in [2.24, 2.45) is 0 Å². The van der Waals surface area contributed by atoms with Crippen molar-refractivity contribution >= 4 is 32.6 Å². The summed E-state index contributed by atoms with van der Waals surface area (Å²) in [4.78, 5) is 12.1. The second-order valence-electron chi connectivity index (χ2n) is 6.02. The maximum Gasteiger partial charge on any atom is 0.471 e. The number of carbonyl (C=O) groups is 1. The molecule has 1 N–H and O–H groups in total. The standard InChI is InChI=1S/C17H15BrF4N2O/c18-15-11(2-1-10-7-12(19)3-4-14(10)15)8-23-13-5-6-24(9-13)16(25)17(20,21)22/h1-4,7,13,23H,5-6,8-9H2/t13-/m1/s1. The molecule has 1 aliphatic heterocycles. The molecular weight excluding hydrogens is 404 g/mol. The lowest BCUT2D eigenvalue weighted by atomic mass is 10.1. The zero-order valence-corrected chi connectivity index (χ0v) is 14.6. The van der Waals surface area contributed by atoms with Gasteiger partial charge >= 0.3 is 12.1 Å². The summed E-state index contributed by atoms with van der Waals surface area (Å²) in [7, 11) is 0. The van der Waals surface area contributed by atoms with Gasteiger partial charge in [0.1, 0.15) is 5.82 Å². The van der Waals surface area contributed by atoms with E-state index in [4.69, 9.17) is 0 Å². The van der Waals surface area contributed by atoms with Gasteiger partial charge in [-0.05, 0) is 50.8 Å². The fraction of sp³-hybridized carbons (Fsp3) is 0.353. The molecule has 0 spiro atoms. The van der Waals surface area contributed by atoms with Gasteiger partial charge in [0, 0.05) is 30.1 Å². The van der Waals surface area contributed by atoms with E-state index in [0.717, 1.165) is 25.7 Å². The van der Waals surface area contributed by atoms with Crippen LogP contribution in [0.2, 0.25) is 0 Å². The fourth-order valence-electron chi connectivity index (χ4n) is 2.99. The number of rotatable bonds is 3. The molecule has 3 nitrogen and oxygen atoms in total. The number of nitrogens with zero attached hydrogens (tertiary/aromatic N) is 1. The first-order valence-electron chi connectivity index (χ1n) is 7.72. The Kier molecular flexibility index (Phi) is 5.02. The van der Waals surface area contributed by atoms with Gasteiger partial charge in [-0.2, -0.15) is 13.2 Å². The minimum Gasteiger partial charge on any atom is -0.333 e. The van der Waals surface area contributed by atoms with Crippen LogP contribution in [0.1, 0.15) is 12.0 Å². The molecule has 134 valence electrons. The van der Waals surface area contributed by atoms with Crippen LogP contribution in [-0.2, 0) is 11.3 Å². The van der Waals surface area contributed by atoms with Gasteiger partial charge in [-0.3, -0.25) is 4.79 Å². The number of likely N-dealkylation sites (tertiary alicyclic amines) is 1. The minimum atomic E-state index is -4.83. The van der Waals surface area contributed by atoms with E-state index < -0.39 is 12.1 Å². The molecule has 1 fully saturated rings. The molecule has 25 heavy (non-hydrogen) atoms. The average Bonchev–Trinajstić information content (AvgIpc) is 3.01. The number of amides is 1. The molecule has 8 heteroatoms. The van der Waals surface area contributed by atoms with Crippen molar-refractivity contribution in [2.45, 2.75) is 25.2 Å². The zero-order valence-electron chi connectivity index (χ0n) is 13.0. The summed E-state index contributed by atoms with van der Waals surface area (Å²) in [6, 6.07) is 7.94. The number of alkyl halides is 3. The van der Waals surface area contributed by atoms with Crippen molar-refractivity contribution in [1.82, 2.24) is 10.2 Å². The van der Waals surface area contributed by atoms with Crippen LogP contribution in [0.25, 0.3) is 10.8 Å². The van der Waals surface area contributed by atoms with E-state index in [1.54, 1.807) is 12.1 Å². The topological polar surface area (TPSA) is 32.3 Å². The summed E-state index contributed by atoms with van der Waals surface area (Å²) in [5.74, 6) is -2.10. The highest BCUT2D eigenvalue weighted by atomic mass is 79.9. The number of halogens is 5. The summed E-state index contributed by atoms with van der Waals surface area (Å²) < 4.78 is 51.5. The van der Waals surface area contributed by atoms with Gasteiger partial charge in [0.15, 0.2) is 0 Å². The van der Waals surface area contributed by atoms with Crippen LogP contribution in [0, 0.1) is 5.82 Å². The van der Waals surface area contributed by atoms with Gasteiger partial charge in [0.25, 0.3) is 0 Å². The van der Waals surface area contributed by atoms with E-state index in [0.29, 0.717) is 13.0 Å². The third kappa shape index (κ3) is 3.95. The lowest BCUT2D eigenvalue weighted by Gasteiger charge is -2.18. The van der Waals surface area contributed by atoms with Crippen LogP contribution in [-0.4, -0.2) is 36.1 Å². The third-order valence-electron chi connectivity index (χ3n) is 4.30. The Bertz CT molecular complexity index is 809. The minimum absolute atomic E-state index is 0.0365. The Morgan fingerprint density at radius 2 is 2.04 bits per heavy atom. The first-order valence-corrected chi connectivity index (χ1v) is 8.51. The number of fused-ring (bicyclic) bond motifs is 1. The highest BCUT2D eigenvalue weighted by Crippen LogP contribution is 2.29.